The van der Waals surface area contributed by atoms with Crippen molar-refractivity contribution in [2.45, 2.75) is 6.54 Å². The van der Waals surface area contributed by atoms with Gasteiger partial charge < -0.3 is 4.74 Å². The van der Waals surface area contributed by atoms with Gasteiger partial charge >= 0.3 is 0 Å². The molecule has 4 nitrogen and oxygen atoms in total. The summed E-state index contributed by atoms with van der Waals surface area (Å²) in [6, 6.07) is 15.0. The SMILES string of the molecule is C=CCn1c2ccccc2c(=O)n1-c1ccc(OC)cc1. The standard InChI is InChI=1S/C17H16N2O2/c1-3-12-18-16-7-5-4-6-15(16)17(20)19(18)13-8-10-14(21-2)11-9-13/h3-11H,1,12H2,2H3. The van der Waals surface area contributed by atoms with Gasteiger partial charge in [0.05, 0.1) is 30.2 Å². The van der Waals surface area contributed by atoms with E-state index in [9.17, 15) is 4.79 Å². The Hall–Kier alpha value is -2.75. The number of fused-ring (bicyclic) bond motifs is 1. The van der Waals surface area contributed by atoms with Crippen molar-refractivity contribution in [3.8, 4) is 11.4 Å². The zero-order valence-corrected chi connectivity index (χ0v) is 11.8. The smallest absolute Gasteiger partial charge is 0.279 e. The minimum absolute atomic E-state index is 0.0300. The average Bonchev–Trinajstić information content (AvgIpc) is 2.81. The molecule has 0 amide bonds. The molecule has 0 radical (unpaired) electrons. The van der Waals surface area contributed by atoms with Crippen LogP contribution in [0.25, 0.3) is 16.6 Å². The highest BCUT2D eigenvalue weighted by molar-refractivity contribution is 5.79. The molecule has 0 aliphatic heterocycles. The summed E-state index contributed by atoms with van der Waals surface area (Å²) in [5.41, 5.74) is 1.68. The van der Waals surface area contributed by atoms with Gasteiger partial charge in [-0.2, -0.15) is 0 Å². The van der Waals surface area contributed by atoms with E-state index in [4.69, 9.17) is 4.74 Å². The second kappa shape index (κ2) is 5.32. The van der Waals surface area contributed by atoms with Crippen LogP contribution in [0.5, 0.6) is 5.75 Å². The summed E-state index contributed by atoms with van der Waals surface area (Å²) in [6.07, 6.45) is 1.78. The van der Waals surface area contributed by atoms with E-state index in [1.165, 1.54) is 0 Å². The molecule has 0 saturated heterocycles. The minimum atomic E-state index is -0.0300. The van der Waals surface area contributed by atoms with Crippen molar-refractivity contribution in [2.24, 2.45) is 0 Å². The number of ether oxygens (including phenoxy) is 1. The largest absolute Gasteiger partial charge is 0.497 e. The second-order valence-corrected chi connectivity index (χ2v) is 4.70. The second-order valence-electron chi connectivity index (χ2n) is 4.70. The number of hydrogen-bond donors (Lipinski definition) is 0. The summed E-state index contributed by atoms with van der Waals surface area (Å²) in [5.74, 6) is 0.762. The number of allylic oxidation sites excluding steroid dienone is 1. The zero-order chi connectivity index (χ0) is 14.8. The normalized spacial score (nSPS) is 10.7. The van der Waals surface area contributed by atoms with Crippen molar-refractivity contribution in [1.29, 1.82) is 0 Å². The van der Waals surface area contributed by atoms with E-state index in [0.717, 1.165) is 17.0 Å². The van der Waals surface area contributed by atoms with Crippen LogP contribution in [0.2, 0.25) is 0 Å². The van der Waals surface area contributed by atoms with Gasteiger partial charge in [-0.15, -0.1) is 6.58 Å². The van der Waals surface area contributed by atoms with Crippen LogP contribution in [-0.4, -0.2) is 16.5 Å². The Bertz CT molecular complexity index is 841. The number of aromatic nitrogens is 2. The minimum Gasteiger partial charge on any atom is -0.497 e. The molecule has 1 aromatic heterocycles. The third-order valence-electron chi connectivity index (χ3n) is 3.47. The van der Waals surface area contributed by atoms with Crippen LogP contribution in [0.1, 0.15) is 0 Å². The van der Waals surface area contributed by atoms with Gasteiger partial charge in [0, 0.05) is 0 Å². The monoisotopic (exact) mass is 280 g/mol. The maximum atomic E-state index is 12.7. The molecule has 2 aromatic carbocycles. The van der Waals surface area contributed by atoms with Crippen LogP contribution < -0.4 is 10.3 Å². The molecule has 0 unspecified atom stereocenters. The van der Waals surface area contributed by atoms with E-state index >= 15 is 0 Å². The lowest BCUT2D eigenvalue weighted by molar-refractivity contribution is 0.414. The Labute approximate surface area is 122 Å². The molecule has 0 aliphatic rings. The van der Waals surface area contributed by atoms with Gasteiger partial charge in [-0.05, 0) is 36.4 Å². The summed E-state index contributed by atoms with van der Waals surface area (Å²) < 4.78 is 8.76. The third-order valence-corrected chi connectivity index (χ3v) is 3.47. The fraction of sp³-hybridized carbons (Fsp3) is 0.118. The maximum Gasteiger partial charge on any atom is 0.279 e. The van der Waals surface area contributed by atoms with Gasteiger partial charge in [0.25, 0.3) is 5.56 Å². The van der Waals surface area contributed by atoms with E-state index in [1.54, 1.807) is 17.9 Å². The Morgan fingerprint density at radius 1 is 1.14 bits per heavy atom. The molecule has 0 aliphatic carbocycles. The van der Waals surface area contributed by atoms with Crippen molar-refractivity contribution < 1.29 is 4.74 Å². The number of hydrogen-bond acceptors (Lipinski definition) is 2. The number of nitrogens with zero attached hydrogens (tertiary/aromatic N) is 2. The summed E-state index contributed by atoms with van der Waals surface area (Å²) in [6.45, 7) is 4.34. The molecule has 3 aromatic rings. The lowest BCUT2D eigenvalue weighted by Gasteiger charge is -2.11. The van der Waals surface area contributed by atoms with Crippen LogP contribution >= 0.6 is 0 Å². The number of benzene rings is 2. The number of rotatable bonds is 4. The molecule has 21 heavy (non-hydrogen) atoms. The van der Waals surface area contributed by atoms with E-state index in [1.807, 2.05) is 53.2 Å². The molecule has 106 valence electrons. The molecule has 3 rings (SSSR count). The van der Waals surface area contributed by atoms with Gasteiger partial charge in [-0.3, -0.25) is 9.48 Å². The molecule has 0 atom stereocenters. The van der Waals surface area contributed by atoms with Crippen molar-refractivity contribution in [3.05, 3.63) is 71.5 Å². The van der Waals surface area contributed by atoms with Crippen LogP contribution in [0.4, 0.5) is 0 Å². The van der Waals surface area contributed by atoms with E-state index in [-0.39, 0.29) is 5.56 Å². The van der Waals surface area contributed by atoms with Gasteiger partial charge in [0.1, 0.15) is 5.75 Å². The van der Waals surface area contributed by atoms with Gasteiger partial charge in [-0.25, -0.2) is 4.68 Å². The Morgan fingerprint density at radius 2 is 1.86 bits per heavy atom. The quantitative estimate of drug-likeness (QED) is 0.689. The zero-order valence-electron chi connectivity index (χ0n) is 11.8. The maximum absolute atomic E-state index is 12.7. The summed E-state index contributed by atoms with van der Waals surface area (Å²) in [5, 5.41) is 0.704. The fourth-order valence-electron chi connectivity index (χ4n) is 2.49. The highest BCUT2D eigenvalue weighted by atomic mass is 16.5. The topological polar surface area (TPSA) is 36.2 Å². The van der Waals surface area contributed by atoms with E-state index in [2.05, 4.69) is 6.58 Å². The van der Waals surface area contributed by atoms with Gasteiger partial charge in [0.2, 0.25) is 0 Å². The predicted octanol–water partition coefficient (Wildman–Crippen LogP) is 2.99. The van der Waals surface area contributed by atoms with E-state index < -0.39 is 0 Å². The van der Waals surface area contributed by atoms with Crippen LogP contribution in [-0.2, 0) is 6.54 Å². The van der Waals surface area contributed by atoms with Crippen molar-refractivity contribution in [3.63, 3.8) is 0 Å². The van der Waals surface area contributed by atoms with Gasteiger partial charge in [0.15, 0.2) is 0 Å². The average molecular weight is 280 g/mol. The lowest BCUT2D eigenvalue weighted by atomic mass is 10.2. The molecule has 0 fully saturated rings. The van der Waals surface area contributed by atoms with Crippen molar-refractivity contribution in [1.82, 2.24) is 9.36 Å². The summed E-state index contributed by atoms with van der Waals surface area (Å²) >= 11 is 0. The molecule has 4 heteroatoms. The van der Waals surface area contributed by atoms with Crippen LogP contribution in [0, 0.1) is 0 Å². The Balaban J connectivity index is 2.29. The first-order valence-corrected chi connectivity index (χ1v) is 6.72. The Kier molecular flexibility index (Phi) is 3.36. The molecular formula is C17H16N2O2. The molecule has 0 saturated carbocycles. The molecule has 0 spiro atoms. The highest BCUT2D eigenvalue weighted by Gasteiger charge is 2.13. The lowest BCUT2D eigenvalue weighted by Crippen LogP contribution is -2.20. The fourth-order valence-corrected chi connectivity index (χ4v) is 2.49. The van der Waals surface area contributed by atoms with Gasteiger partial charge in [-0.1, -0.05) is 18.2 Å². The van der Waals surface area contributed by atoms with E-state index in [0.29, 0.717) is 11.9 Å². The number of para-hydroxylation sites is 1. The first kappa shape index (κ1) is 13.2. The molecular weight excluding hydrogens is 264 g/mol. The molecule has 1 heterocycles. The summed E-state index contributed by atoms with van der Waals surface area (Å²) in [7, 11) is 1.62. The Morgan fingerprint density at radius 3 is 2.52 bits per heavy atom. The predicted molar refractivity (Wildman–Crippen MR) is 84.3 cm³/mol. The first-order chi connectivity index (χ1) is 10.3. The molecule has 0 N–H and O–H groups in total. The van der Waals surface area contributed by atoms with Crippen LogP contribution in [0.15, 0.2) is 66.0 Å². The summed E-state index contributed by atoms with van der Waals surface area (Å²) in [4.78, 5) is 12.7. The van der Waals surface area contributed by atoms with Crippen LogP contribution in [0.3, 0.4) is 0 Å². The first-order valence-electron chi connectivity index (χ1n) is 6.72. The highest BCUT2D eigenvalue weighted by Crippen LogP contribution is 2.18. The van der Waals surface area contributed by atoms with Crippen molar-refractivity contribution >= 4 is 10.9 Å². The third kappa shape index (κ3) is 2.14. The van der Waals surface area contributed by atoms with Crippen molar-refractivity contribution in [2.75, 3.05) is 7.11 Å². The molecule has 0 bridgehead atoms. The number of methoxy groups -OCH3 is 1.